The molecule has 190 valence electrons. The zero-order valence-corrected chi connectivity index (χ0v) is 24.4. The van der Waals surface area contributed by atoms with E-state index in [0.29, 0.717) is 27.6 Å². The van der Waals surface area contributed by atoms with Crippen molar-refractivity contribution in [2.24, 2.45) is 5.92 Å². The van der Waals surface area contributed by atoms with Crippen molar-refractivity contribution in [3.05, 3.63) is 67.5 Å². The number of ether oxygens (including phenoxy) is 2. The minimum absolute atomic E-state index is 0.0980. The molecule has 0 aliphatic rings. The molecule has 10 heteroatoms. The monoisotopic (exact) mass is 673 g/mol. The van der Waals surface area contributed by atoms with Crippen LogP contribution in [0, 0.1) is 9.62 Å². The van der Waals surface area contributed by atoms with Gasteiger partial charge >= 0.3 is 0 Å². The highest BCUT2D eigenvalue weighted by atomic mass is 123. The number of nitrogens with zero attached hydrogens (tertiary/aromatic N) is 3. The smallest absolute Gasteiger partial charge is 0.149 e. The molecule has 35 heavy (non-hydrogen) atoms. The standard InChI is InChI=1S/C25H30BrClIN3O4/c1-16(11-27)14-35-23-9-6-18(10-21(23)26)25(2,3)17-4-7-20(8-5-17)34-15-19(33)12-31-22(13-32)24(28)29-30-31/h4-10,16,19,32-33H,11-15H2,1-3H3/t16-,19-/m0/s1/i28-4. The molecule has 0 bridgehead atoms. The van der Waals surface area contributed by atoms with Crippen molar-refractivity contribution in [3.63, 3.8) is 0 Å². The molecule has 1 aromatic heterocycles. The van der Waals surface area contributed by atoms with Gasteiger partial charge in [-0.25, -0.2) is 4.68 Å². The minimum Gasteiger partial charge on any atom is -0.492 e. The number of aliphatic hydroxyl groups excluding tert-OH is 2. The van der Waals surface area contributed by atoms with Crippen LogP contribution in [0.5, 0.6) is 11.5 Å². The Morgan fingerprint density at radius 1 is 1.11 bits per heavy atom. The van der Waals surface area contributed by atoms with E-state index in [9.17, 15) is 10.2 Å². The Bertz CT molecular complexity index is 1110. The third-order valence-electron chi connectivity index (χ3n) is 5.78. The molecule has 0 radical (unpaired) electrons. The Kier molecular flexibility index (Phi) is 10.2. The van der Waals surface area contributed by atoms with Crippen molar-refractivity contribution < 1.29 is 19.7 Å². The van der Waals surface area contributed by atoms with Crippen LogP contribution >= 0.6 is 50.1 Å². The summed E-state index contributed by atoms with van der Waals surface area (Å²) in [6, 6.07) is 14.0. The molecule has 2 atom stereocenters. The van der Waals surface area contributed by atoms with Gasteiger partial charge in [-0.3, -0.25) is 0 Å². The first kappa shape index (κ1) is 28.2. The van der Waals surface area contributed by atoms with Crippen molar-refractivity contribution in [1.82, 2.24) is 15.0 Å². The van der Waals surface area contributed by atoms with E-state index in [0.717, 1.165) is 21.3 Å². The lowest BCUT2D eigenvalue weighted by molar-refractivity contribution is 0.0866. The van der Waals surface area contributed by atoms with E-state index in [1.807, 2.05) is 52.9 Å². The largest absolute Gasteiger partial charge is 0.492 e. The Morgan fingerprint density at radius 2 is 1.80 bits per heavy atom. The predicted molar refractivity (Wildman–Crippen MR) is 148 cm³/mol. The molecule has 0 amide bonds. The van der Waals surface area contributed by atoms with Crippen molar-refractivity contribution in [1.29, 1.82) is 0 Å². The third kappa shape index (κ3) is 7.31. The van der Waals surface area contributed by atoms with Gasteiger partial charge < -0.3 is 19.7 Å². The van der Waals surface area contributed by atoms with Crippen LogP contribution in [0.25, 0.3) is 0 Å². The number of aromatic nitrogens is 3. The number of hydrogen-bond donors (Lipinski definition) is 2. The van der Waals surface area contributed by atoms with Gasteiger partial charge in [-0.05, 0) is 73.9 Å². The van der Waals surface area contributed by atoms with Crippen LogP contribution < -0.4 is 9.47 Å². The minimum atomic E-state index is -0.792. The molecule has 2 aromatic carbocycles. The number of halogens is 3. The first-order valence-corrected chi connectivity index (χ1v) is 13.6. The molecule has 2 N–H and O–H groups in total. The van der Waals surface area contributed by atoms with E-state index in [1.165, 1.54) is 4.68 Å². The highest BCUT2D eigenvalue weighted by Gasteiger charge is 2.24. The van der Waals surface area contributed by atoms with Crippen LogP contribution in [0.4, 0.5) is 0 Å². The summed E-state index contributed by atoms with van der Waals surface area (Å²) in [6.45, 7) is 7.07. The van der Waals surface area contributed by atoms with Crippen molar-refractivity contribution >= 4 is 50.1 Å². The highest BCUT2D eigenvalue weighted by Crippen LogP contribution is 2.36. The average Bonchev–Trinajstić information content (AvgIpc) is 3.20. The van der Waals surface area contributed by atoms with Crippen molar-refractivity contribution in [2.45, 2.75) is 45.4 Å². The van der Waals surface area contributed by atoms with Gasteiger partial charge in [-0.2, -0.15) is 0 Å². The van der Waals surface area contributed by atoms with E-state index in [4.69, 9.17) is 21.1 Å². The van der Waals surface area contributed by atoms with E-state index in [1.54, 1.807) is 0 Å². The maximum absolute atomic E-state index is 10.3. The summed E-state index contributed by atoms with van der Waals surface area (Å²) in [6.07, 6.45) is -0.792. The quantitative estimate of drug-likeness (QED) is 0.204. The number of aliphatic hydroxyl groups is 2. The van der Waals surface area contributed by atoms with Crippen LogP contribution in [-0.2, 0) is 18.6 Å². The highest BCUT2D eigenvalue weighted by molar-refractivity contribution is 14.1. The molecule has 1 heterocycles. The maximum Gasteiger partial charge on any atom is 0.149 e. The van der Waals surface area contributed by atoms with Gasteiger partial charge in [-0.1, -0.05) is 44.2 Å². The van der Waals surface area contributed by atoms with Crippen LogP contribution in [0.2, 0.25) is 0 Å². The van der Waals surface area contributed by atoms with Gasteiger partial charge in [0.1, 0.15) is 27.9 Å². The zero-order valence-electron chi connectivity index (χ0n) is 19.9. The Hall–Kier alpha value is -1.40. The third-order valence-corrected chi connectivity index (χ3v) is 7.77. The molecule has 0 saturated heterocycles. The van der Waals surface area contributed by atoms with Crippen LogP contribution in [0.3, 0.4) is 0 Å². The van der Waals surface area contributed by atoms with Gasteiger partial charge in [0.05, 0.1) is 29.9 Å². The number of rotatable bonds is 12. The summed E-state index contributed by atoms with van der Waals surface area (Å²) in [7, 11) is 0. The first-order valence-electron chi connectivity index (χ1n) is 11.2. The molecule has 0 aliphatic heterocycles. The van der Waals surface area contributed by atoms with E-state index >= 15 is 0 Å². The Labute approximate surface area is 233 Å². The summed E-state index contributed by atoms with van der Waals surface area (Å²) in [4.78, 5) is 0. The maximum atomic E-state index is 10.3. The fraction of sp³-hybridized carbons (Fsp3) is 0.440. The van der Waals surface area contributed by atoms with Crippen LogP contribution in [0.1, 0.15) is 37.6 Å². The Morgan fingerprint density at radius 3 is 2.43 bits per heavy atom. The molecule has 0 fully saturated rings. The van der Waals surface area contributed by atoms with Crippen LogP contribution in [-0.4, -0.2) is 50.4 Å². The van der Waals surface area contributed by atoms with Gasteiger partial charge in [0.25, 0.3) is 0 Å². The normalized spacial score (nSPS) is 13.5. The summed E-state index contributed by atoms with van der Waals surface area (Å²) in [5.74, 6) is 2.31. The van der Waals surface area contributed by atoms with E-state index in [2.05, 4.69) is 59.1 Å². The summed E-state index contributed by atoms with van der Waals surface area (Å²) < 4.78 is 14.7. The lowest BCUT2D eigenvalue weighted by atomic mass is 9.78. The zero-order chi connectivity index (χ0) is 25.6. The summed E-state index contributed by atoms with van der Waals surface area (Å²) in [5, 5.41) is 27.6. The number of alkyl halides is 1. The molecule has 3 aromatic rings. The summed E-state index contributed by atoms with van der Waals surface area (Å²) >= 11 is 11.5. The second-order valence-corrected chi connectivity index (χ2v) is 11.2. The number of hydrogen-bond acceptors (Lipinski definition) is 6. The lowest BCUT2D eigenvalue weighted by Gasteiger charge is -2.27. The van der Waals surface area contributed by atoms with E-state index in [-0.39, 0.29) is 31.1 Å². The van der Waals surface area contributed by atoms with Gasteiger partial charge in [0.2, 0.25) is 0 Å². The lowest BCUT2D eigenvalue weighted by Crippen LogP contribution is -2.25. The fourth-order valence-corrected chi connectivity index (χ4v) is 4.60. The fourth-order valence-electron chi connectivity index (χ4n) is 3.47. The van der Waals surface area contributed by atoms with E-state index < -0.39 is 6.10 Å². The van der Waals surface area contributed by atoms with Crippen molar-refractivity contribution in [3.8, 4) is 11.5 Å². The van der Waals surface area contributed by atoms with Gasteiger partial charge in [0.15, 0.2) is 0 Å². The Balaban J connectivity index is 1.61. The second-order valence-electron chi connectivity index (χ2n) is 9.00. The average molecular weight is 675 g/mol. The van der Waals surface area contributed by atoms with Crippen LogP contribution in [0.15, 0.2) is 46.9 Å². The molecular weight excluding hydrogens is 645 g/mol. The van der Waals surface area contributed by atoms with Crippen molar-refractivity contribution in [2.75, 3.05) is 19.1 Å². The molecule has 3 rings (SSSR count). The topological polar surface area (TPSA) is 89.6 Å². The SMILES string of the molecule is C[C@@H](CCl)COc1ccc(C(C)(C)c2ccc(OC[C@@H](O)Cn3nnc([123I])c3CO)cc2)cc1Br. The summed E-state index contributed by atoms with van der Waals surface area (Å²) in [5.41, 5.74) is 2.61. The molecular formula is C25H30BrClIN3O4. The second kappa shape index (κ2) is 12.7. The predicted octanol–water partition coefficient (Wildman–Crippen LogP) is 5.16. The van der Waals surface area contributed by atoms with Gasteiger partial charge in [-0.15, -0.1) is 16.7 Å². The first-order chi connectivity index (χ1) is 16.6. The molecule has 0 saturated carbocycles. The van der Waals surface area contributed by atoms with Gasteiger partial charge in [0, 0.05) is 17.2 Å². The molecule has 0 unspecified atom stereocenters. The number of benzene rings is 2. The molecule has 7 nitrogen and oxygen atoms in total. The molecule has 0 spiro atoms. The molecule has 0 aliphatic carbocycles.